The number of carbonyl (C=O) groups excluding carboxylic acids is 1. The molecule has 0 aliphatic carbocycles. The minimum Gasteiger partial charge on any atom is -0.756 e. The van der Waals surface area contributed by atoms with Crippen LogP contribution in [0.1, 0.15) is 258 Å². The van der Waals surface area contributed by atoms with Crippen molar-refractivity contribution in [3.8, 4) is 0 Å². The van der Waals surface area contributed by atoms with Crippen molar-refractivity contribution in [2.45, 2.75) is 270 Å². The SMILES string of the molecule is CC/C=C\C/C=C\C/C=C\C/C=C\C/C=C\C/C=C\C/C=C\C/C=C\C/C=C\C/C=C\CCCCCCCCCCCCC(=O)NC(COP(=O)([O-])OCC[N+](C)(C)C)C(O)/C=C/CC/C=C/CCCCCCCCCCCCCCC. The van der Waals surface area contributed by atoms with Gasteiger partial charge in [0.2, 0.25) is 5.91 Å². The largest absolute Gasteiger partial charge is 0.756 e. The Morgan fingerprint density at radius 1 is 0.439 bits per heavy atom. The molecule has 2 N–H and O–H groups in total. The zero-order chi connectivity index (χ0) is 59.8. The summed E-state index contributed by atoms with van der Waals surface area (Å²) in [4.78, 5) is 25.6. The van der Waals surface area contributed by atoms with E-state index in [1.54, 1.807) is 6.08 Å². The Kier molecular flexibility index (Phi) is 59.2. The monoisotopic (exact) mass is 1160 g/mol. The second-order valence-electron chi connectivity index (χ2n) is 23.1. The highest BCUT2D eigenvalue weighted by atomic mass is 31.2. The minimum atomic E-state index is -4.62. The number of hydrogen-bond donors (Lipinski definition) is 2. The third-order valence-electron chi connectivity index (χ3n) is 14.0. The lowest BCUT2D eigenvalue weighted by atomic mass is 10.0. The van der Waals surface area contributed by atoms with Crippen molar-refractivity contribution in [2.75, 3.05) is 40.9 Å². The van der Waals surface area contributed by atoms with Crippen LogP contribution in [0.5, 0.6) is 0 Å². The van der Waals surface area contributed by atoms with Gasteiger partial charge in [-0.3, -0.25) is 9.36 Å². The molecule has 0 aliphatic heterocycles. The van der Waals surface area contributed by atoms with Gasteiger partial charge in [-0.05, 0) is 109 Å². The fourth-order valence-electron chi connectivity index (χ4n) is 8.90. The fraction of sp³-hybridized carbons (Fsp3) is 0.658. The molecule has 0 fully saturated rings. The number of aliphatic hydroxyl groups is 1. The highest BCUT2D eigenvalue weighted by Gasteiger charge is 2.23. The van der Waals surface area contributed by atoms with Crippen molar-refractivity contribution in [3.63, 3.8) is 0 Å². The van der Waals surface area contributed by atoms with E-state index in [0.29, 0.717) is 17.4 Å². The zero-order valence-electron chi connectivity index (χ0n) is 53.4. The molecule has 8 nitrogen and oxygen atoms in total. The Morgan fingerprint density at radius 2 is 0.756 bits per heavy atom. The number of likely N-dealkylation sites (N-methyl/N-ethyl adjacent to an activating group) is 1. The molecule has 0 aromatic heterocycles. The maximum Gasteiger partial charge on any atom is 0.268 e. The van der Waals surface area contributed by atoms with E-state index in [0.717, 1.165) is 116 Å². The number of allylic oxidation sites excluding steroid dienone is 23. The normalized spacial score (nSPS) is 14.7. The quantitative estimate of drug-likeness (QED) is 0.0272. The summed E-state index contributed by atoms with van der Waals surface area (Å²) < 4.78 is 23.4. The van der Waals surface area contributed by atoms with Crippen LogP contribution in [-0.2, 0) is 18.4 Å². The summed E-state index contributed by atoms with van der Waals surface area (Å²) in [6.07, 6.45) is 95.2. The first kappa shape index (κ1) is 78.4. The first-order valence-corrected chi connectivity index (χ1v) is 34.7. The van der Waals surface area contributed by atoms with Crippen molar-refractivity contribution >= 4 is 13.7 Å². The average molecular weight is 1160 g/mol. The molecule has 0 aromatic rings. The van der Waals surface area contributed by atoms with Crippen molar-refractivity contribution in [3.05, 3.63) is 146 Å². The summed E-state index contributed by atoms with van der Waals surface area (Å²) in [5, 5.41) is 13.9. The topological polar surface area (TPSA) is 108 Å². The molecule has 0 rings (SSSR count). The number of aliphatic hydroxyl groups excluding tert-OH is 1. The Hall–Kier alpha value is -3.62. The molecule has 0 aromatic carbocycles. The predicted octanol–water partition coefficient (Wildman–Crippen LogP) is 20.6. The lowest BCUT2D eigenvalue weighted by Gasteiger charge is -2.29. The second kappa shape index (κ2) is 61.9. The van der Waals surface area contributed by atoms with Gasteiger partial charge in [0.1, 0.15) is 13.2 Å². The number of phosphoric acid groups is 1. The van der Waals surface area contributed by atoms with E-state index in [4.69, 9.17) is 9.05 Å². The molecule has 9 heteroatoms. The fourth-order valence-corrected chi connectivity index (χ4v) is 9.63. The summed E-state index contributed by atoms with van der Waals surface area (Å²) in [6, 6.07) is -0.916. The lowest BCUT2D eigenvalue weighted by molar-refractivity contribution is -0.870. The number of hydrogen-bond acceptors (Lipinski definition) is 6. The number of carbonyl (C=O) groups is 1. The van der Waals surface area contributed by atoms with Crippen LogP contribution in [0.4, 0.5) is 0 Å². The van der Waals surface area contributed by atoms with Gasteiger partial charge in [-0.1, -0.05) is 288 Å². The summed E-state index contributed by atoms with van der Waals surface area (Å²) in [7, 11) is 1.23. The van der Waals surface area contributed by atoms with E-state index in [-0.39, 0.29) is 12.5 Å². The van der Waals surface area contributed by atoms with Gasteiger partial charge in [-0.25, -0.2) is 0 Å². The number of nitrogens with zero attached hydrogens (tertiary/aromatic N) is 1. The van der Waals surface area contributed by atoms with E-state index in [1.807, 2.05) is 27.2 Å². The Balaban J connectivity index is 4.14. The van der Waals surface area contributed by atoms with Gasteiger partial charge in [0.05, 0.1) is 39.9 Å². The van der Waals surface area contributed by atoms with Crippen LogP contribution in [0.3, 0.4) is 0 Å². The highest BCUT2D eigenvalue weighted by Crippen LogP contribution is 2.38. The molecule has 0 spiro atoms. The molecule has 0 saturated heterocycles. The second-order valence-corrected chi connectivity index (χ2v) is 24.5. The number of rotatable bonds is 59. The minimum absolute atomic E-state index is 0.0135. The zero-order valence-corrected chi connectivity index (χ0v) is 54.3. The summed E-state index contributed by atoms with van der Waals surface area (Å²) >= 11 is 0. The molecule has 3 atom stereocenters. The molecule has 0 aliphatic rings. The lowest BCUT2D eigenvalue weighted by Crippen LogP contribution is -2.45. The number of nitrogens with one attached hydrogen (secondary N) is 1. The van der Waals surface area contributed by atoms with E-state index in [1.165, 1.54) is 122 Å². The van der Waals surface area contributed by atoms with Crippen molar-refractivity contribution in [2.24, 2.45) is 0 Å². The molecule has 0 saturated carbocycles. The molecule has 0 bridgehead atoms. The molecule has 468 valence electrons. The molecular weight excluding hydrogens is 1030 g/mol. The van der Waals surface area contributed by atoms with Crippen LogP contribution in [-0.4, -0.2) is 68.5 Å². The summed E-state index contributed by atoms with van der Waals surface area (Å²) in [5.41, 5.74) is 0. The molecule has 0 radical (unpaired) electrons. The first-order valence-electron chi connectivity index (χ1n) is 33.2. The van der Waals surface area contributed by atoms with Crippen LogP contribution in [0.25, 0.3) is 0 Å². The average Bonchev–Trinajstić information content (AvgIpc) is 3.47. The van der Waals surface area contributed by atoms with E-state index >= 15 is 0 Å². The standard InChI is InChI=1S/C73H125N2O6P/c1-6-8-10-12-14-16-18-20-22-24-26-27-28-29-30-31-32-33-34-35-36-37-38-39-40-41-42-43-44-45-46-47-49-51-53-55-57-59-61-63-65-67-73(77)74-71(70-81-82(78,79)80-69-68-75(3,4)5)72(76)66-64-62-60-58-56-54-52-50-48-25-23-21-19-17-15-13-11-9-7-2/h8,10,14,16,20,22,26-27,29-30,32-33,35-36,38-39,41-42,44-45,56,58,64,66,71-72,76H,6-7,9,11-13,15,17-19,21,23-25,28,31,34,37,40,43,46-55,57,59-63,65,67-70H2,1-5H3,(H-,74,77,78,79)/b10-8-,16-14-,22-20-,27-26-,30-29-,33-32-,36-35-,39-38-,42-41-,45-44-,58-56+,66-64+. The highest BCUT2D eigenvalue weighted by molar-refractivity contribution is 7.45. The molecule has 1 amide bonds. The summed E-state index contributed by atoms with van der Waals surface area (Å²) in [5.74, 6) is -0.216. The van der Waals surface area contributed by atoms with Crippen LogP contribution < -0.4 is 10.2 Å². The van der Waals surface area contributed by atoms with Gasteiger partial charge >= 0.3 is 0 Å². The van der Waals surface area contributed by atoms with Crippen molar-refractivity contribution in [1.82, 2.24) is 5.32 Å². The maximum atomic E-state index is 13.0. The van der Waals surface area contributed by atoms with Gasteiger partial charge in [-0.2, -0.15) is 0 Å². The molecule has 0 heterocycles. The molecular formula is C73H125N2O6P. The van der Waals surface area contributed by atoms with Crippen LogP contribution in [0.2, 0.25) is 0 Å². The Labute approximate surface area is 506 Å². The van der Waals surface area contributed by atoms with Crippen molar-refractivity contribution < 1.29 is 32.9 Å². The van der Waals surface area contributed by atoms with Gasteiger partial charge in [-0.15, -0.1) is 0 Å². The molecule has 3 unspecified atom stereocenters. The predicted molar refractivity (Wildman–Crippen MR) is 357 cm³/mol. The Morgan fingerprint density at radius 3 is 1.13 bits per heavy atom. The number of phosphoric ester groups is 1. The van der Waals surface area contributed by atoms with Gasteiger partial charge in [0, 0.05) is 6.42 Å². The smallest absolute Gasteiger partial charge is 0.268 e. The third-order valence-corrected chi connectivity index (χ3v) is 15.0. The van der Waals surface area contributed by atoms with Crippen LogP contribution >= 0.6 is 7.82 Å². The van der Waals surface area contributed by atoms with Crippen LogP contribution in [0.15, 0.2) is 146 Å². The number of quaternary nitrogens is 1. The molecule has 82 heavy (non-hydrogen) atoms. The maximum absolute atomic E-state index is 13.0. The van der Waals surface area contributed by atoms with E-state index in [9.17, 15) is 19.4 Å². The van der Waals surface area contributed by atoms with Gasteiger partial charge in [0.25, 0.3) is 7.82 Å². The number of unbranched alkanes of at least 4 members (excludes halogenated alkanes) is 24. The summed E-state index contributed by atoms with van der Waals surface area (Å²) in [6.45, 7) is 4.51. The van der Waals surface area contributed by atoms with Crippen LogP contribution in [0, 0.1) is 0 Å². The van der Waals surface area contributed by atoms with Crippen molar-refractivity contribution in [1.29, 1.82) is 0 Å². The van der Waals surface area contributed by atoms with E-state index < -0.39 is 26.6 Å². The van der Waals surface area contributed by atoms with Gasteiger partial charge in [0.15, 0.2) is 0 Å². The number of amides is 1. The first-order chi connectivity index (χ1) is 40.0. The third kappa shape index (κ3) is 64.0. The van der Waals surface area contributed by atoms with Gasteiger partial charge < -0.3 is 28.8 Å². The van der Waals surface area contributed by atoms with E-state index in [2.05, 4.69) is 153 Å². The Bertz CT molecular complexity index is 1840.